The fourth-order valence-corrected chi connectivity index (χ4v) is 4.25. The lowest BCUT2D eigenvalue weighted by atomic mass is 9.76. The zero-order valence-electron chi connectivity index (χ0n) is 20.7. The van der Waals surface area contributed by atoms with Crippen LogP contribution in [0, 0.1) is 5.41 Å². The van der Waals surface area contributed by atoms with E-state index < -0.39 is 0 Å². The SMILES string of the molecule is CCCCCCCCCCC(C)(CCCCCCCCCC)CCC(=O)OC.N. The molecule has 0 aliphatic heterocycles. The maximum absolute atomic E-state index is 11.6. The maximum atomic E-state index is 11.6. The van der Waals surface area contributed by atoms with E-state index in [9.17, 15) is 4.79 Å². The predicted octanol–water partition coefficient (Wildman–Crippen LogP) is 9.17. The Morgan fingerprint density at radius 2 is 0.966 bits per heavy atom. The normalized spacial score (nSPS) is 11.3. The van der Waals surface area contributed by atoms with Gasteiger partial charge in [0.1, 0.15) is 0 Å². The molecule has 3 N–H and O–H groups in total. The standard InChI is InChI=1S/C26H52O2.H3N/c1-5-7-9-11-13-15-17-19-22-26(3,24-21-25(27)28-4)23-20-18-16-14-12-10-8-6-2;/h5-24H2,1-4H3;1H3. The van der Waals surface area contributed by atoms with Gasteiger partial charge in [-0.1, -0.05) is 124 Å². The molecule has 0 saturated carbocycles. The minimum atomic E-state index is -0.0435. The van der Waals surface area contributed by atoms with Gasteiger partial charge in [-0.05, 0) is 24.7 Å². The first-order valence-corrected chi connectivity index (χ1v) is 12.6. The van der Waals surface area contributed by atoms with E-state index in [-0.39, 0.29) is 12.1 Å². The molecule has 0 amide bonds. The largest absolute Gasteiger partial charge is 0.469 e. The van der Waals surface area contributed by atoms with Gasteiger partial charge in [0, 0.05) is 6.42 Å². The van der Waals surface area contributed by atoms with Crippen LogP contribution in [-0.4, -0.2) is 13.1 Å². The summed E-state index contributed by atoms with van der Waals surface area (Å²) in [5.41, 5.74) is 0.318. The van der Waals surface area contributed by atoms with Crippen LogP contribution in [0.3, 0.4) is 0 Å². The zero-order valence-corrected chi connectivity index (χ0v) is 20.7. The molecule has 0 spiro atoms. The number of carbonyl (C=O) groups is 1. The van der Waals surface area contributed by atoms with Crippen LogP contribution in [-0.2, 0) is 9.53 Å². The van der Waals surface area contributed by atoms with Gasteiger partial charge in [0.25, 0.3) is 0 Å². The highest BCUT2D eigenvalue weighted by atomic mass is 16.5. The molecule has 29 heavy (non-hydrogen) atoms. The second kappa shape index (κ2) is 22.1. The molecule has 0 bridgehead atoms. The van der Waals surface area contributed by atoms with Crippen molar-refractivity contribution in [2.45, 2.75) is 149 Å². The third kappa shape index (κ3) is 20.5. The van der Waals surface area contributed by atoms with E-state index in [1.165, 1.54) is 123 Å². The number of ether oxygens (including phenoxy) is 1. The van der Waals surface area contributed by atoms with Crippen LogP contribution in [0.5, 0.6) is 0 Å². The lowest BCUT2D eigenvalue weighted by Crippen LogP contribution is -2.19. The van der Waals surface area contributed by atoms with Gasteiger partial charge in [-0.2, -0.15) is 0 Å². The summed E-state index contributed by atoms with van der Waals surface area (Å²) in [7, 11) is 1.51. The van der Waals surface area contributed by atoms with Crippen LogP contribution in [0.4, 0.5) is 0 Å². The molecule has 0 rings (SSSR count). The quantitative estimate of drug-likeness (QED) is 0.151. The van der Waals surface area contributed by atoms with Crippen molar-refractivity contribution in [2.75, 3.05) is 7.11 Å². The fraction of sp³-hybridized carbons (Fsp3) is 0.962. The van der Waals surface area contributed by atoms with Crippen molar-refractivity contribution in [3.63, 3.8) is 0 Å². The number of methoxy groups -OCH3 is 1. The average molecular weight is 414 g/mol. The summed E-state index contributed by atoms with van der Waals surface area (Å²) in [5, 5.41) is 0. The van der Waals surface area contributed by atoms with Crippen LogP contribution < -0.4 is 6.15 Å². The third-order valence-corrected chi connectivity index (χ3v) is 6.43. The average Bonchev–Trinajstić information content (AvgIpc) is 2.70. The molecule has 0 unspecified atom stereocenters. The summed E-state index contributed by atoms with van der Waals surface area (Å²) in [6.45, 7) is 6.97. The second-order valence-corrected chi connectivity index (χ2v) is 9.34. The lowest BCUT2D eigenvalue weighted by Gasteiger charge is -2.30. The number of rotatable bonds is 21. The molecule has 0 aromatic carbocycles. The summed E-state index contributed by atoms with van der Waals surface area (Å²) in [6.07, 6.45) is 26.1. The minimum Gasteiger partial charge on any atom is -0.469 e. The first kappa shape index (κ1) is 30.6. The Labute approximate surface area is 183 Å². The van der Waals surface area contributed by atoms with Gasteiger partial charge < -0.3 is 10.9 Å². The molecule has 0 aliphatic rings. The molecule has 0 aliphatic carbocycles. The van der Waals surface area contributed by atoms with E-state index in [1.807, 2.05) is 0 Å². The number of carbonyl (C=O) groups excluding carboxylic acids is 1. The Balaban J connectivity index is 0. The van der Waals surface area contributed by atoms with Gasteiger partial charge >= 0.3 is 5.97 Å². The molecule has 0 saturated heterocycles. The highest BCUT2D eigenvalue weighted by Gasteiger charge is 2.24. The molecular formula is C26H55NO2. The molecule has 0 aromatic rings. The summed E-state index contributed by atoms with van der Waals surface area (Å²) in [5.74, 6) is -0.0435. The fourth-order valence-electron chi connectivity index (χ4n) is 4.25. The van der Waals surface area contributed by atoms with Crippen molar-refractivity contribution < 1.29 is 9.53 Å². The highest BCUT2D eigenvalue weighted by Crippen LogP contribution is 2.36. The molecule has 3 nitrogen and oxygen atoms in total. The van der Waals surface area contributed by atoms with Crippen molar-refractivity contribution in [3.05, 3.63) is 0 Å². The van der Waals surface area contributed by atoms with E-state index in [0.29, 0.717) is 11.8 Å². The molecule has 176 valence electrons. The van der Waals surface area contributed by atoms with Crippen LogP contribution in [0.1, 0.15) is 149 Å². The van der Waals surface area contributed by atoms with E-state index in [1.54, 1.807) is 0 Å². The Bertz CT molecular complexity index is 324. The van der Waals surface area contributed by atoms with Gasteiger partial charge in [-0.3, -0.25) is 4.79 Å². The Hall–Kier alpha value is -0.570. The third-order valence-electron chi connectivity index (χ3n) is 6.43. The molecule has 0 atom stereocenters. The summed E-state index contributed by atoms with van der Waals surface area (Å²) in [6, 6.07) is 0. The van der Waals surface area contributed by atoms with Gasteiger partial charge in [0.15, 0.2) is 0 Å². The monoisotopic (exact) mass is 413 g/mol. The van der Waals surface area contributed by atoms with Crippen LogP contribution in [0.25, 0.3) is 0 Å². The minimum absolute atomic E-state index is 0. The summed E-state index contributed by atoms with van der Waals surface area (Å²) >= 11 is 0. The van der Waals surface area contributed by atoms with Crippen molar-refractivity contribution in [3.8, 4) is 0 Å². The van der Waals surface area contributed by atoms with Crippen molar-refractivity contribution in [2.24, 2.45) is 5.41 Å². The van der Waals surface area contributed by atoms with E-state index >= 15 is 0 Å². The zero-order chi connectivity index (χ0) is 20.9. The number of unbranched alkanes of at least 4 members (excludes halogenated alkanes) is 14. The van der Waals surface area contributed by atoms with Crippen molar-refractivity contribution in [1.82, 2.24) is 6.15 Å². The molecule has 0 fully saturated rings. The molecule has 0 radical (unpaired) electrons. The maximum Gasteiger partial charge on any atom is 0.305 e. The Kier molecular flexibility index (Phi) is 23.4. The van der Waals surface area contributed by atoms with Gasteiger partial charge in [0.05, 0.1) is 7.11 Å². The van der Waals surface area contributed by atoms with Gasteiger partial charge in [-0.25, -0.2) is 0 Å². The van der Waals surface area contributed by atoms with Crippen molar-refractivity contribution in [1.29, 1.82) is 0 Å². The van der Waals surface area contributed by atoms with Gasteiger partial charge in [-0.15, -0.1) is 0 Å². The van der Waals surface area contributed by atoms with Crippen LogP contribution in [0.2, 0.25) is 0 Å². The number of esters is 1. The second-order valence-electron chi connectivity index (χ2n) is 9.34. The van der Waals surface area contributed by atoms with E-state index in [0.717, 1.165) is 6.42 Å². The van der Waals surface area contributed by atoms with Crippen LogP contribution in [0.15, 0.2) is 0 Å². The lowest BCUT2D eigenvalue weighted by molar-refractivity contribution is -0.141. The molecule has 3 heteroatoms. The first-order chi connectivity index (χ1) is 13.6. The van der Waals surface area contributed by atoms with E-state index in [4.69, 9.17) is 4.74 Å². The first-order valence-electron chi connectivity index (χ1n) is 12.6. The summed E-state index contributed by atoms with van der Waals surface area (Å²) in [4.78, 5) is 11.6. The van der Waals surface area contributed by atoms with Gasteiger partial charge in [0.2, 0.25) is 0 Å². The Morgan fingerprint density at radius 1 is 0.621 bits per heavy atom. The predicted molar refractivity (Wildman–Crippen MR) is 129 cm³/mol. The number of hydrogen-bond acceptors (Lipinski definition) is 3. The van der Waals surface area contributed by atoms with Crippen molar-refractivity contribution >= 4 is 5.97 Å². The van der Waals surface area contributed by atoms with Crippen LogP contribution >= 0.6 is 0 Å². The molecule has 0 aromatic heterocycles. The molecule has 0 heterocycles. The summed E-state index contributed by atoms with van der Waals surface area (Å²) < 4.78 is 4.89. The smallest absolute Gasteiger partial charge is 0.305 e. The number of hydrogen-bond donors (Lipinski definition) is 1. The van der Waals surface area contributed by atoms with E-state index in [2.05, 4.69) is 20.8 Å². The molecular weight excluding hydrogens is 358 g/mol. The topological polar surface area (TPSA) is 61.3 Å². The highest BCUT2D eigenvalue weighted by molar-refractivity contribution is 5.69. The Morgan fingerprint density at radius 3 is 1.31 bits per heavy atom.